The average Bonchev–Trinajstić information content (AvgIpc) is 2.69. The zero-order chi connectivity index (χ0) is 15.5. The number of rotatable bonds is 4. The van der Waals surface area contributed by atoms with Gasteiger partial charge in [0.25, 0.3) is 5.91 Å². The van der Waals surface area contributed by atoms with Crippen molar-refractivity contribution in [3.63, 3.8) is 0 Å². The summed E-state index contributed by atoms with van der Waals surface area (Å²) in [6.07, 6.45) is 1.67. The highest BCUT2D eigenvalue weighted by Gasteiger charge is 2.29. The van der Waals surface area contributed by atoms with Crippen LogP contribution in [0.4, 0.5) is 0 Å². The Balaban J connectivity index is 2.77. The third-order valence-corrected chi connectivity index (χ3v) is 2.56. The van der Waals surface area contributed by atoms with Crippen LogP contribution in [0.1, 0.15) is 45.1 Å². The minimum atomic E-state index is -0.691. The molecule has 0 aromatic carbocycles. The van der Waals surface area contributed by atoms with Crippen LogP contribution in [0.15, 0.2) is 12.3 Å². The summed E-state index contributed by atoms with van der Waals surface area (Å²) in [6, 6.07) is 0.908. The van der Waals surface area contributed by atoms with Crippen LogP contribution in [-0.4, -0.2) is 33.3 Å². The molecule has 0 aliphatic rings. The molecular weight excluding hydrogens is 258 g/mol. The van der Waals surface area contributed by atoms with E-state index in [1.54, 1.807) is 40.1 Å². The number of carbonyl (C=O) groups excluding carboxylic acids is 2. The number of esters is 1. The Labute approximate surface area is 119 Å². The quantitative estimate of drug-likeness (QED) is 0.849. The Morgan fingerprint density at radius 2 is 1.95 bits per heavy atom. The predicted octanol–water partition coefficient (Wildman–Crippen LogP) is 1.52. The van der Waals surface area contributed by atoms with Gasteiger partial charge in [-0.1, -0.05) is 13.8 Å². The van der Waals surface area contributed by atoms with E-state index >= 15 is 0 Å². The highest BCUT2D eigenvalue weighted by atomic mass is 16.6. The number of amides is 1. The number of ether oxygens (including phenoxy) is 1. The van der Waals surface area contributed by atoms with Gasteiger partial charge in [-0.2, -0.15) is 5.10 Å². The first kappa shape index (κ1) is 16.2. The third-order valence-electron chi connectivity index (χ3n) is 2.56. The van der Waals surface area contributed by atoms with Crippen molar-refractivity contribution in [1.29, 1.82) is 0 Å². The Hall–Kier alpha value is -1.85. The molecule has 1 N–H and O–H groups in total. The Kier molecular flexibility index (Phi) is 4.92. The van der Waals surface area contributed by atoms with E-state index in [9.17, 15) is 9.59 Å². The maximum absolute atomic E-state index is 12.1. The maximum atomic E-state index is 12.1. The van der Waals surface area contributed by atoms with E-state index in [4.69, 9.17) is 4.74 Å². The molecule has 0 unspecified atom stereocenters. The molecule has 1 aromatic heterocycles. The lowest BCUT2D eigenvalue weighted by Crippen LogP contribution is -2.47. The van der Waals surface area contributed by atoms with E-state index in [-0.39, 0.29) is 17.5 Å². The molecule has 112 valence electrons. The van der Waals surface area contributed by atoms with Gasteiger partial charge < -0.3 is 10.1 Å². The molecule has 0 saturated carbocycles. The van der Waals surface area contributed by atoms with E-state index in [0.29, 0.717) is 0 Å². The minimum Gasteiger partial charge on any atom is -0.458 e. The summed E-state index contributed by atoms with van der Waals surface area (Å²) in [5.41, 5.74) is -0.304. The first-order chi connectivity index (χ1) is 9.10. The monoisotopic (exact) mass is 281 g/mol. The zero-order valence-electron chi connectivity index (χ0n) is 12.9. The van der Waals surface area contributed by atoms with Gasteiger partial charge in [0.15, 0.2) is 0 Å². The number of nitrogens with zero attached hydrogens (tertiary/aromatic N) is 2. The van der Waals surface area contributed by atoms with Crippen molar-refractivity contribution in [2.45, 2.75) is 46.3 Å². The molecule has 0 bridgehead atoms. The zero-order valence-corrected chi connectivity index (χ0v) is 12.9. The number of hydrogen-bond acceptors (Lipinski definition) is 4. The van der Waals surface area contributed by atoms with Crippen LogP contribution >= 0.6 is 0 Å². The molecule has 1 amide bonds. The molecule has 0 saturated heterocycles. The van der Waals surface area contributed by atoms with Crippen LogP contribution in [0.2, 0.25) is 0 Å². The van der Waals surface area contributed by atoms with Gasteiger partial charge in [0.05, 0.1) is 0 Å². The minimum absolute atomic E-state index is 0.0717. The molecule has 6 heteroatoms. The van der Waals surface area contributed by atoms with Crippen molar-refractivity contribution in [2.75, 3.05) is 0 Å². The molecule has 20 heavy (non-hydrogen) atoms. The van der Waals surface area contributed by atoms with Crippen LogP contribution in [0, 0.1) is 5.92 Å². The van der Waals surface area contributed by atoms with Crippen LogP contribution in [0.5, 0.6) is 0 Å². The van der Waals surface area contributed by atoms with E-state index in [1.807, 2.05) is 13.8 Å². The smallest absolute Gasteiger partial charge is 0.329 e. The number of nitrogens with one attached hydrogen (secondary N) is 1. The van der Waals surface area contributed by atoms with Gasteiger partial charge in [-0.25, -0.2) is 4.79 Å². The van der Waals surface area contributed by atoms with Crippen molar-refractivity contribution < 1.29 is 14.3 Å². The lowest BCUT2D eigenvalue weighted by Gasteiger charge is -2.26. The summed E-state index contributed by atoms with van der Waals surface area (Å²) in [7, 11) is 1.73. The van der Waals surface area contributed by atoms with Gasteiger partial charge in [0.2, 0.25) is 0 Å². The van der Waals surface area contributed by atoms with Gasteiger partial charge in [0, 0.05) is 13.2 Å². The third kappa shape index (κ3) is 4.68. The second kappa shape index (κ2) is 6.07. The maximum Gasteiger partial charge on any atom is 0.329 e. The number of hydrogen-bond donors (Lipinski definition) is 1. The summed E-state index contributed by atoms with van der Waals surface area (Å²) in [6.45, 7) is 9.09. The standard InChI is InChI=1S/C14H23N3O3/c1-9(2)11(13(19)20-14(3,4)5)15-12(18)10-7-8-17(6)16-10/h7-9,11H,1-6H3,(H,15,18)/t11-/m0/s1. The van der Waals surface area contributed by atoms with Gasteiger partial charge in [-0.15, -0.1) is 0 Å². The Bertz CT molecular complexity index is 486. The van der Waals surface area contributed by atoms with Crippen LogP contribution < -0.4 is 5.32 Å². The van der Waals surface area contributed by atoms with E-state index in [1.165, 1.54) is 4.68 Å². The molecule has 1 heterocycles. The van der Waals surface area contributed by atoms with Crippen LogP contribution in [0.25, 0.3) is 0 Å². The highest BCUT2D eigenvalue weighted by molar-refractivity contribution is 5.95. The molecule has 1 atom stereocenters. The van der Waals surface area contributed by atoms with Crippen LogP contribution in [0.3, 0.4) is 0 Å². The number of aryl methyl sites for hydroxylation is 1. The predicted molar refractivity (Wildman–Crippen MR) is 75.1 cm³/mol. The van der Waals surface area contributed by atoms with Gasteiger partial charge in [-0.05, 0) is 32.8 Å². The molecule has 0 aliphatic carbocycles. The fraction of sp³-hybridized carbons (Fsp3) is 0.643. The highest BCUT2D eigenvalue weighted by Crippen LogP contribution is 2.12. The number of carbonyl (C=O) groups is 2. The molecule has 0 spiro atoms. The Morgan fingerprint density at radius 3 is 2.35 bits per heavy atom. The fourth-order valence-corrected chi connectivity index (χ4v) is 1.61. The Morgan fingerprint density at radius 1 is 1.35 bits per heavy atom. The van der Waals surface area contributed by atoms with Gasteiger partial charge >= 0.3 is 5.97 Å². The van der Waals surface area contributed by atoms with Crippen molar-refractivity contribution in [3.8, 4) is 0 Å². The first-order valence-corrected chi connectivity index (χ1v) is 6.63. The lowest BCUT2D eigenvalue weighted by atomic mass is 10.0. The topological polar surface area (TPSA) is 73.2 Å². The first-order valence-electron chi connectivity index (χ1n) is 6.63. The molecule has 0 fully saturated rings. The number of aromatic nitrogens is 2. The second-order valence-corrected chi connectivity index (χ2v) is 6.10. The largest absolute Gasteiger partial charge is 0.458 e. The molecule has 1 rings (SSSR count). The van der Waals surface area contributed by atoms with Crippen molar-refractivity contribution in [2.24, 2.45) is 13.0 Å². The summed E-state index contributed by atoms with van der Waals surface area (Å²) < 4.78 is 6.86. The normalized spacial score (nSPS) is 13.2. The summed E-state index contributed by atoms with van der Waals surface area (Å²) in [4.78, 5) is 24.2. The van der Waals surface area contributed by atoms with E-state index in [0.717, 1.165) is 0 Å². The molecular formula is C14H23N3O3. The molecule has 6 nitrogen and oxygen atoms in total. The fourth-order valence-electron chi connectivity index (χ4n) is 1.61. The summed E-state index contributed by atoms with van der Waals surface area (Å²) >= 11 is 0. The summed E-state index contributed by atoms with van der Waals surface area (Å²) in [5, 5.41) is 6.69. The van der Waals surface area contributed by atoms with E-state index < -0.39 is 17.6 Å². The second-order valence-electron chi connectivity index (χ2n) is 6.10. The van der Waals surface area contributed by atoms with Gasteiger partial charge in [0.1, 0.15) is 17.3 Å². The summed E-state index contributed by atoms with van der Waals surface area (Å²) in [5.74, 6) is -0.885. The van der Waals surface area contributed by atoms with Crippen molar-refractivity contribution in [1.82, 2.24) is 15.1 Å². The van der Waals surface area contributed by atoms with Crippen molar-refractivity contribution >= 4 is 11.9 Å². The van der Waals surface area contributed by atoms with E-state index in [2.05, 4.69) is 10.4 Å². The molecule has 0 aliphatic heterocycles. The van der Waals surface area contributed by atoms with Gasteiger partial charge in [-0.3, -0.25) is 9.48 Å². The van der Waals surface area contributed by atoms with Crippen molar-refractivity contribution in [3.05, 3.63) is 18.0 Å². The lowest BCUT2D eigenvalue weighted by molar-refractivity contribution is -0.158. The SMILES string of the molecule is CC(C)[C@H](NC(=O)c1ccn(C)n1)C(=O)OC(C)(C)C. The molecule has 0 radical (unpaired) electrons. The molecule has 1 aromatic rings. The average molecular weight is 281 g/mol. The van der Waals surface area contributed by atoms with Crippen LogP contribution in [-0.2, 0) is 16.6 Å².